The van der Waals surface area contributed by atoms with Crippen molar-refractivity contribution < 1.29 is 9.84 Å². The average Bonchev–Trinajstić information content (AvgIpc) is 2.61. The highest BCUT2D eigenvalue weighted by Gasteiger charge is 2.16. The maximum absolute atomic E-state index is 10.6. The number of phenols is 1. The molecular weight excluding hydrogens is 284 g/mol. The van der Waals surface area contributed by atoms with Crippen molar-refractivity contribution in [1.29, 1.82) is 0 Å². The van der Waals surface area contributed by atoms with E-state index in [0.29, 0.717) is 0 Å². The third-order valence-electron chi connectivity index (χ3n) is 4.27. The number of fused-ring (bicyclic) bond motifs is 2. The van der Waals surface area contributed by atoms with Crippen LogP contribution in [0.25, 0.3) is 32.7 Å². The molecule has 1 N–H and O–H groups in total. The van der Waals surface area contributed by atoms with Crippen molar-refractivity contribution in [2.45, 2.75) is 0 Å². The summed E-state index contributed by atoms with van der Waals surface area (Å²) >= 11 is 0. The molecule has 0 radical (unpaired) electrons. The summed E-state index contributed by atoms with van der Waals surface area (Å²) in [6.45, 7) is 0. The third kappa shape index (κ3) is 2.11. The zero-order chi connectivity index (χ0) is 15.8. The number of ether oxygens (including phenoxy) is 1. The van der Waals surface area contributed by atoms with Crippen LogP contribution in [0.5, 0.6) is 11.5 Å². The first kappa shape index (κ1) is 13.6. The maximum atomic E-state index is 10.6. The van der Waals surface area contributed by atoms with Crippen LogP contribution >= 0.6 is 0 Å². The van der Waals surface area contributed by atoms with Crippen molar-refractivity contribution >= 4 is 21.5 Å². The first-order chi connectivity index (χ1) is 11.3. The van der Waals surface area contributed by atoms with Gasteiger partial charge in [-0.15, -0.1) is 0 Å². The number of rotatable bonds is 2. The maximum Gasteiger partial charge on any atom is 0.127 e. The first-order valence-corrected chi connectivity index (χ1v) is 7.56. The molecule has 4 aromatic carbocycles. The number of phenolic OH excluding ortho intramolecular Hbond substituents is 1. The van der Waals surface area contributed by atoms with Crippen LogP contribution in [0.15, 0.2) is 72.8 Å². The van der Waals surface area contributed by atoms with Gasteiger partial charge in [0.1, 0.15) is 11.5 Å². The summed E-state index contributed by atoms with van der Waals surface area (Å²) in [5.41, 5.74) is 1.75. The van der Waals surface area contributed by atoms with Gasteiger partial charge < -0.3 is 9.84 Å². The van der Waals surface area contributed by atoms with E-state index in [1.807, 2.05) is 48.5 Å². The smallest absolute Gasteiger partial charge is 0.127 e. The zero-order valence-electron chi connectivity index (χ0n) is 12.8. The quantitative estimate of drug-likeness (QED) is 0.539. The Morgan fingerprint density at radius 1 is 0.652 bits per heavy atom. The lowest BCUT2D eigenvalue weighted by Gasteiger charge is -2.16. The van der Waals surface area contributed by atoms with Crippen LogP contribution in [-0.4, -0.2) is 12.2 Å². The van der Waals surface area contributed by atoms with E-state index in [4.69, 9.17) is 4.74 Å². The van der Waals surface area contributed by atoms with E-state index in [1.165, 1.54) is 0 Å². The van der Waals surface area contributed by atoms with E-state index in [0.717, 1.165) is 38.4 Å². The van der Waals surface area contributed by atoms with Crippen LogP contribution in [0.4, 0.5) is 0 Å². The van der Waals surface area contributed by atoms with Gasteiger partial charge in [0, 0.05) is 11.1 Å². The summed E-state index contributed by atoms with van der Waals surface area (Å²) in [7, 11) is 1.66. The molecule has 0 aromatic heterocycles. The lowest BCUT2D eigenvalue weighted by Crippen LogP contribution is -1.91. The van der Waals surface area contributed by atoms with Gasteiger partial charge in [0.2, 0.25) is 0 Å². The number of hydrogen-bond acceptors (Lipinski definition) is 2. The Bertz CT molecular complexity index is 1020. The molecular formula is C21H16O2. The topological polar surface area (TPSA) is 29.5 Å². The van der Waals surface area contributed by atoms with Gasteiger partial charge >= 0.3 is 0 Å². The molecule has 0 saturated carbocycles. The summed E-state index contributed by atoms with van der Waals surface area (Å²) in [6, 6.07) is 23.9. The predicted molar refractivity (Wildman–Crippen MR) is 95.1 cm³/mol. The molecule has 0 unspecified atom stereocenters. The SMILES string of the molecule is COc1ccc2ccccc2c1-c1c(O)ccc2ccccc12. The Kier molecular flexibility index (Phi) is 3.16. The van der Waals surface area contributed by atoms with Crippen molar-refractivity contribution in [2.24, 2.45) is 0 Å². The Hall–Kier alpha value is -3.00. The van der Waals surface area contributed by atoms with Crippen molar-refractivity contribution in [3.05, 3.63) is 72.8 Å². The molecule has 4 aromatic rings. The zero-order valence-corrected chi connectivity index (χ0v) is 12.8. The van der Waals surface area contributed by atoms with Crippen molar-refractivity contribution in [3.63, 3.8) is 0 Å². The van der Waals surface area contributed by atoms with E-state index in [2.05, 4.69) is 18.2 Å². The Balaban J connectivity index is 2.21. The number of methoxy groups -OCH3 is 1. The van der Waals surface area contributed by atoms with Crippen molar-refractivity contribution in [3.8, 4) is 22.6 Å². The van der Waals surface area contributed by atoms with Crippen LogP contribution in [0.3, 0.4) is 0 Å². The van der Waals surface area contributed by atoms with Crippen molar-refractivity contribution in [2.75, 3.05) is 7.11 Å². The number of benzene rings is 4. The second-order valence-corrected chi connectivity index (χ2v) is 5.54. The van der Waals surface area contributed by atoms with Gasteiger partial charge in [-0.25, -0.2) is 0 Å². The van der Waals surface area contributed by atoms with Gasteiger partial charge in [0.05, 0.1) is 7.11 Å². The summed E-state index contributed by atoms with van der Waals surface area (Å²) in [4.78, 5) is 0. The first-order valence-electron chi connectivity index (χ1n) is 7.56. The lowest BCUT2D eigenvalue weighted by molar-refractivity contribution is 0.416. The van der Waals surface area contributed by atoms with E-state index in [9.17, 15) is 5.11 Å². The van der Waals surface area contributed by atoms with Gasteiger partial charge in [-0.05, 0) is 33.7 Å². The number of hydrogen-bond donors (Lipinski definition) is 1. The predicted octanol–water partition coefficient (Wildman–Crippen LogP) is 5.37. The molecule has 23 heavy (non-hydrogen) atoms. The highest BCUT2D eigenvalue weighted by atomic mass is 16.5. The molecule has 0 heterocycles. The molecule has 0 saturated heterocycles. The summed E-state index contributed by atoms with van der Waals surface area (Å²) in [5, 5.41) is 14.9. The van der Waals surface area contributed by atoms with Crippen LogP contribution in [0.1, 0.15) is 0 Å². The van der Waals surface area contributed by atoms with Crippen LogP contribution in [0, 0.1) is 0 Å². The fourth-order valence-electron chi connectivity index (χ4n) is 3.20. The average molecular weight is 300 g/mol. The van der Waals surface area contributed by atoms with E-state index < -0.39 is 0 Å². The van der Waals surface area contributed by atoms with Gasteiger partial charge in [-0.3, -0.25) is 0 Å². The van der Waals surface area contributed by atoms with Crippen molar-refractivity contribution in [1.82, 2.24) is 0 Å². The minimum Gasteiger partial charge on any atom is -0.507 e. The van der Waals surface area contributed by atoms with Gasteiger partial charge in [-0.1, -0.05) is 60.7 Å². The minimum absolute atomic E-state index is 0.262. The molecule has 0 bridgehead atoms. The Morgan fingerprint density at radius 3 is 1.87 bits per heavy atom. The fourth-order valence-corrected chi connectivity index (χ4v) is 3.20. The monoisotopic (exact) mass is 300 g/mol. The molecule has 4 rings (SSSR count). The van der Waals surface area contributed by atoms with Gasteiger partial charge in [-0.2, -0.15) is 0 Å². The highest BCUT2D eigenvalue weighted by molar-refractivity contribution is 6.09. The molecule has 2 heteroatoms. The van der Waals surface area contributed by atoms with Crippen LogP contribution < -0.4 is 4.74 Å². The highest BCUT2D eigenvalue weighted by Crippen LogP contribution is 2.44. The molecule has 0 spiro atoms. The number of aromatic hydroxyl groups is 1. The standard InChI is InChI=1S/C21H16O2/c1-23-19-13-11-15-7-3-5-9-17(15)21(19)20-16-8-4-2-6-14(16)10-12-18(20)22/h2-13,22H,1H3. The molecule has 0 aliphatic carbocycles. The molecule has 112 valence electrons. The summed E-state index contributed by atoms with van der Waals surface area (Å²) in [6.07, 6.45) is 0. The van der Waals surface area contributed by atoms with E-state index >= 15 is 0 Å². The second kappa shape index (κ2) is 5.33. The summed E-state index contributed by atoms with van der Waals surface area (Å²) < 4.78 is 5.60. The van der Waals surface area contributed by atoms with E-state index in [1.54, 1.807) is 13.2 Å². The largest absolute Gasteiger partial charge is 0.507 e. The molecule has 0 aliphatic rings. The molecule has 0 aliphatic heterocycles. The summed E-state index contributed by atoms with van der Waals surface area (Å²) in [5.74, 6) is 1.02. The van der Waals surface area contributed by atoms with Gasteiger partial charge in [0.25, 0.3) is 0 Å². The molecule has 0 amide bonds. The van der Waals surface area contributed by atoms with Crippen LogP contribution in [-0.2, 0) is 0 Å². The fraction of sp³-hybridized carbons (Fsp3) is 0.0476. The lowest BCUT2D eigenvalue weighted by atomic mass is 9.92. The molecule has 0 fully saturated rings. The van der Waals surface area contributed by atoms with Crippen LogP contribution in [0.2, 0.25) is 0 Å². The van der Waals surface area contributed by atoms with Gasteiger partial charge in [0.15, 0.2) is 0 Å². The van der Waals surface area contributed by atoms with E-state index in [-0.39, 0.29) is 5.75 Å². The molecule has 0 atom stereocenters. The third-order valence-corrected chi connectivity index (χ3v) is 4.27. The Morgan fingerprint density at radius 2 is 1.22 bits per heavy atom. The normalized spacial score (nSPS) is 11.0. The minimum atomic E-state index is 0.262. The molecule has 2 nitrogen and oxygen atoms in total. The Labute approximate surface area is 134 Å². The second-order valence-electron chi connectivity index (χ2n) is 5.54.